The van der Waals surface area contributed by atoms with E-state index in [0.29, 0.717) is 13.2 Å². The van der Waals surface area contributed by atoms with Crippen LogP contribution in [0.4, 0.5) is 4.79 Å². The Balaban J connectivity index is 1.44. The molecule has 0 saturated carbocycles. The third kappa shape index (κ3) is 5.81. The largest absolute Gasteiger partial charge is 0.380 e. The number of hydrogen-bond acceptors (Lipinski definition) is 3. The molecular weight excluding hydrogens is 338 g/mol. The first-order valence-corrected chi connectivity index (χ1v) is 9.51. The van der Waals surface area contributed by atoms with Crippen molar-refractivity contribution in [3.8, 4) is 0 Å². The zero-order chi connectivity index (χ0) is 19.1. The fraction of sp³-hybridized carbons (Fsp3) is 0.409. The molecule has 0 spiro atoms. The van der Waals surface area contributed by atoms with Crippen LogP contribution < -0.4 is 5.32 Å². The van der Waals surface area contributed by atoms with Crippen molar-refractivity contribution in [2.24, 2.45) is 0 Å². The number of carbonyl (C=O) groups is 1. The van der Waals surface area contributed by atoms with Crippen LogP contribution in [0.2, 0.25) is 0 Å². The van der Waals surface area contributed by atoms with E-state index in [-0.39, 0.29) is 6.03 Å². The summed E-state index contributed by atoms with van der Waals surface area (Å²) in [4.78, 5) is 16.8. The van der Waals surface area contributed by atoms with Gasteiger partial charge in [0, 0.05) is 46.4 Å². The number of nitrogens with zero attached hydrogens (tertiary/aromatic N) is 2. The number of urea groups is 1. The van der Waals surface area contributed by atoms with Crippen LogP contribution in [-0.2, 0) is 24.4 Å². The second kappa shape index (κ2) is 9.53. The predicted molar refractivity (Wildman–Crippen MR) is 107 cm³/mol. The third-order valence-corrected chi connectivity index (χ3v) is 4.89. The lowest BCUT2D eigenvalue weighted by Gasteiger charge is -2.34. The van der Waals surface area contributed by atoms with Gasteiger partial charge in [0.05, 0.1) is 6.61 Å². The molecular formula is C22H29N3O2. The van der Waals surface area contributed by atoms with E-state index in [1.807, 2.05) is 23.1 Å². The molecule has 27 heavy (non-hydrogen) atoms. The summed E-state index contributed by atoms with van der Waals surface area (Å²) in [5.74, 6) is 0. The second-order valence-corrected chi connectivity index (χ2v) is 7.16. The Morgan fingerprint density at radius 3 is 2.44 bits per heavy atom. The van der Waals surface area contributed by atoms with Crippen molar-refractivity contribution in [1.82, 2.24) is 15.1 Å². The van der Waals surface area contributed by atoms with Crippen LogP contribution in [0, 0.1) is 6.92 Å². The maximum absolute atomic E-state index is 12.5. The van der Waals surface area contributed by atoms with Gasteiger partial charge in [-0.05, 0) is 23.6 Å². The van der Waals surface area contributed by atoms with E-state index in [1.165, 1.54) is 11.1 Å². The van der Waals surface area contributed by atoms with Gasteiger partial charge in [0.15, 0.2) is 0 Å². The number of amides is 2. The zero-order valence-electron chi connectivity index (χ0n) is 16.3. The van der Waals surface area contributed by atoms with Crippen LogP contribution in [0.25, 0.3) is 0 Å². The van der Waals surface area contributed by atoms with Crippen LogP contribution in [0.5, 0.6) is 0 Å². The number of nitrogens with one attached hydrogen (secondary N) is 1. The van der Waals surface area contributed by atoms with Crippen LogP contribution in [0.1, 0.15) is 22.3 Å². The summed E-state index contributed by atoms with van der Waals surface area (Å²) < 4.78 is 5.16. The first-order chi connectivity index (χ1) is 13.1. The average Bonchev–Trinajstić information content (AvgIpc) is 2.67. The van der Waals surface area contributed by atoms with E-state index in [9.17, 15) is 4.79 Å². The van der Waals surface area contributed by atoms with E-state index < -0.39 is 0 Å². The van der Waals surface area contributed by atoms with Crippen molar-refractivity contribution in [1.29, 1.82) is 0 Å². The number of piperazine rings is 1. The van der Waals surface area contributed by atoms with E-state index in [2.05, 4.69) is 47.5 Å². The smallest absolute Gasteiger partial charge is 0.317 e. The Kier molecular flexibility index (Phi) is 6.85. The highest BCUT2D eigenvalue weighted by Gasteiger charge is 2.20. The molecule has 2 aromatic carbocycles. The molecule has 0 bridgehead atoms. The van der Waals surface area contributed by atoms with Crippen molar-refractivity contribution in [3.63, 3.8) is 0 Å². The topological polar surface area (TPSA) is 44.8 Å². The summed E-state index contributed by atoms with van der Waals surface area (Å²) in [5.41, 5.74) is 4.84. The molecule has 0 aromatic heterocycles. The summed E-state index contributed by atoms with van der Waals surface area (Å²) in [5, 5.41) is 3.04. The summed E-state index contributed by atoms with van der Waals surface area (Å²) >= 11 is 0. The van der Waals surface area contributed by atoms with Gasteiger partial charge in [-0.3, -0.25) is 4.90 Å². The van der Waals surface area contributed by atoms with Crippen molar-refractivity contribution in [2.45, 2.75) is 26.6 Å². The molecule has 1 fully saturated rings. The molecule has 5 nitrogen and oxygen atoms in total. The zero-order valence-corrected chi connectivity index (χ0v) is 16.3. The van der Waals surface area contributed by atoms with Gasteiger partial charge >= 0.3 is 6.03 Å². The van der Waals surface area contributed by atoms with Gasteiger partial charge in [-0.2, -0.15) is 0 Å². The lowest BCUT2D eigenvalue weighted by atomic mass is 10.1. The molecule has 1 heterocycles. The standard InChI is InChI=1S/C22H29N3O2/c1-18-5-3-7-20(13-18)16-24-9-11-25(12-10-24)22(26)23-15-19-6-4-8-21(14-19)17-27-2/h3-8,13-14H,9-12,15-17H2,1-2H3,(H,23,26). The number of benzene rings is 2. The Morgan fingerprint density at radius 1 is 1.00 bits per heavy atom. The second-order valence-electron chi connectivity index (χ2n) is 7.16. The highest BCUT2D eigenvalue weighted by Crippen LogP contribution is 2.11. The Labute approximate surface area is 161 Å². The molecule has 0 aliphatic carbocycles. The van der Waals surface area contributed by atoms with Crippen molar-refractivity contribution in [2.75, 3.05) is 33.3 Å². The van der Waals surface area contributed by atoms with Gasteiger partial charge in [-0.15, -0.1) is 0 Å². The van der Waals surface area contributed by atoms with Crippen LogP contribution in [0.3, 0.4) is 0 Å². The summed E-state index contributed by atoms with van der Waals surface area (Å²) in [7, 11) is 1.69. The fourth-order valence-corrected chi connectivity index (χ4v) is 3.46. The number of carbonyl (C=O) groups excluding carboxylic acids is 1. The predicted octanol–water partition coefficient (Wildman–Crippen LogP) is 3.17. The van der Waals surface area contributed by atoms with Gasteiger partial charge in [0.2, 0.25) is 0 Å². The lowest BCUT2D eigenvalue weighted by molar-refractivity contribution is 0.135. The Morgan fingerprint density at radius 2 is 1.70 bits per heavy atom. The highest BCUT2D eigenvalue weighted by atomic mass is 16.5. The van der Waals surface area contributed by atoms with Gasteiger partial charge in [-0.25, -0.2) is 4.79 Å². The maximum Gasteiger partial charge on any atom is 0.317 e. The number of hydrogen-bond donors (Lipinski definition) is 1. The lowest BCUT2D eigenvalue weighted by Crippen LogP contribution is -2.51. The van der Waals surface area contributed by atoms with E-state index in [4.69, 9.17) is 4.74 Å². The van der Waals surface area contributed by atoms with Gasteiger partial charge < -0.3 is 15.0 Å². The highest BCUT2D eigenvalue weighted by molar-refractivity contribution is 5.74. The van der Waals surface area contributed by atoms with E-state index in [1.54, 1.807) is 7.11 Å². The first kappa shape index (κ1) is 19.4. The summed E-state index contributed by atoms with van der Waals surface area (Å²) in [6.45, 7) is 7.54. The molecule has 3 rings (SSSR count). The monoisotopic (exact) mass is 367 g/mol. The molecule has 1 N–H and O–H groups in total. The molecule has 0 unspecified atom stereocenters. The van der Waals surface area contributed by atoms with Crippen molar-refractivity contribution < 1.29 is 9.53 Å². The van der Waals surface area contributed by atoms with Gasteiger partial charge in [0.1, 0.15) is 0 Å². The molecule has 1 aliphatic heterocycles. The molecule has 1 saturated heterocycles. The first-order valence-electron chi connectivity index (χ1n) is 9.51. The number of methoxy groups -OCH3 is 1. The molecule has 2 aromatic rings. The molecule has 144 valence electrons. The number of aryl methyl sites for hydroxylation is 1. The van der Waals surface area contributed by atoms with Crippen molar-refractivity contribution >= 4 is 6.03 Å². The number of rotatable bonds is 6. The van der Waals surface area contributed by atoms with E-state index in [0.717, 1.165) is 43.9 Å². The third-order valence-electron chi connectivity index (χ3n) is 4.89. The molecule has 1 aliphatic rings. The minimum absolute atomic E-state index is 0.0161. The van der Waals surface area contributed by atoms with Gasteiger partial charge in [-0.1, -0.05) is 54.1 Å². The SMILES string of the molecule is COCc1cccc(CNC(=O)N2CCN(Cc3cccc(C)c3)CC2)c1. The summed E-state index contributed by atoms with van der Waals surface area (Å²) in [6.07, 6.45) is 0. The van der Waals surface area contributed by atoms with Gasteiger partial charge in [0.25, 0.3) is 0 Å². The Bertz CT molecular complexity index is 755. The van der Waals surface area contributed by atoms with Crippen LogP contribution in [0.15, 0.2) is 48.5 Å². The minimum Gasteiger partial charge on any atom is -0.380 e. The quantitative estimate of drug-likeness (QED) is 0.853. The van der Waals surface area contributed by atoms with Crippen LogP contribution >= 0.6 is 0 Å². The molecule has 0 radical (unpaired) electrons. The molecule has 0 atom stereocenters. The summed E-state index contributed by atoms with van der Waals surface area (Å²) in [6, 6.07) is 16.8. The molecule has 5 heteroatoms. The molecule has 2 amide bonds. The number of ether oxygens (including phenoxy) is 1. The maximum atomic E-state index is 12.5. The van der Waals surface area contributed by atoms with E-state index >= 15 is 0 Å². The van der Waals surface area contributed by atoms with Crippen molar-refractivity contribution in [3.05, 3.63) is 70.8 Å². The fourth-order valence-electron chi connectivity index (χ4n) is 3.46. The Hall–Kier alpha value is -2.37. The minimum atomic E-state index is 0.0161. The van der Waals surface area contributed by atoms with Crippen LogP contribution in [-0.4, -0.2) is 49.1 Å². The normalized spacial score (nSPS) is 15.0. The average molecular weight is 367 g/mol.